The summed E-state index contributed by atoms with van der Waals surface area (Å²) in [5.74, 6) is 1.21. The summed E-state index contributed by atoms with van der Waals surface area (Å²) in [7, 11) is 0. The third-order valence-electron chi connectivity index (χ3n) is 3.29. The van der Waals surface area contributed by atoms with Crippen molar-refractivity contribution in [3.05, 3.63) is 5.38 Å². The third kappa shape index (κ3) is 1.83. The second-order valence-corrected chi connectivity index (χ2v) is 5.21. The molecule has 3 nitrogen and oxygen atoms in total. The van der Waals surface area contributed by atoms with Crippen LogP contribution in [0, 0.1) is 0 Å². The number of rotatable bonds is 2. The summed E-state index contributed by atoms with van der Waals surface area (Å²) >= 11 is 1.81. The molecule has 0 saturated carbocycles. The van der Waals surface area contributed by atoms with Crippen LogP contribution in [-0.2, 0) is 0 Å². The quantitative estimate of drug-likeness (QED) is 0.767. The van der Waals surface area contributed by atoms with Crippen LogP contribution in [0.25, 0.3) is 0 Å². The predicted octanol–water partition coefficient (Wildman–Crippen LogP) is 2.34. The second kappa shape index (κ2) is 4.00. The van der Waals surface area contributed by atoms with Crippen LogP contribution in [0.5, 0.6) is 0 Å². The first kappa shape index (κ1) is 9.46. The zero-order valence-corrected chi connectivity index (χ0v) is 9.80. The van der Waals surface area contributed by atoms with E-state index < -0.39 is 0 Å². The molecule has 1 aromatic heterocycles. The summed E-state index contributed by atoms with van der Waals surface area (Å²) in [6.07, 6.45) is 5.32. The van der Waals surface area contributed by atoms with Crippen molar-refractivity contribution in [1.29, 1.82) is 0 Å². The predicted molar refractivity (Wildman–Crippen MR) is 65.0 cm³/mol. The van der Waals surface area contributed by atoms with Gasteiger partial charge in [0.05, 0.1) is 0 Å². The van der Waals surface area contributed by atoms with Crippen LogP contribution in [-0.4, -0.2) is 31.2 Å². The fourth-order valence-electron chi connectivity index (χ4n) is 2.40. The van der Waals surface area contributed by atoms with Gasteiger partial charge in [-0.05, 0) is 25.7 Å². The zero-order chi connectivity index (χ0) is 10.1. The maximum absolute atomic E-state index is 4.74. The third-order valence-corrected chi connectivity index (χ3v) is 4.18. The van der Waals surface area contributed by atoms with E-state index in [1.54, 1.807) is 11.3 Å². The maximum atomic E-state index is 4.74. The summed E-state index contributed by atoms with van der Waals surface area (Å²) in [6.45, 7) is 4.80. The highest BCUT2D eigenvalue weighted by molar-refractivity contribution is 7.14. The molecule has 3 rings (SSSR count). The van der Waals surface area contributed by atoms with E-state index >= 15 is 0 Å². The van der Waals surface area contributed by atoms with Gasteiger partial charge in [-0.25, -0.2) is 4.98 Å². The van der Waals surface area contributed by atoms with Crippen molar-refractivity contribution in [1.82, 2.24) is 4.98 Å². The first-order valence-corrected chi connectivity index (χ1v) is 6.77. The van der Waals surface area contributed by atoms with Crippen LogP contribution in [0.3, 0.4) is 0 Å². The number of hydrogen-bond acceptors (Lipinski definition) is 4. The molecule has 4 heteroatoms. The van der Waals surface area contributed by atoms with Crippen molar-refractivity contribution in [2.45, 2.75) is 25.7 Å². The SMILES string of the molecule is c1sc(N2CCCC2)nc1N1CCCC1. The van der Waals surface area contributed by atoms with Gasteiger partial charge in [0.2, 0.25) is 0 Å². The largest absolute Gasteiger partial charge is 0.356 e. The standard InChI is InChI=1S/C11H17N3S/c1-2-6-13(5-1)10-9-15-11(12-10)14-7-3-4-8-14/h9H,1-8H2. The summed E-state index contributed by atoms with van der Waals surface area (Å²) in [6, 6.07) is 0. The summed E-state index contributed by atoms with van der Waals surface area (Å²) in [5.41, 5.74) is 0. The molecule has 3 heterocycles. The van der Waals surface area contributed by atoms with E-state index in [-0.39, 0.29) is 0 Å². The average molecular weight is 223 g/mol. The van der Waals surface area contributed by atoms with Crippen molar-refractivity contribution in [2.24, 2.45) is 0 Å². The van der Waals surface area contributed by atoms with Gasteiger partial charge in [-0.2, -0.15) is 0 Å². The van der Waals surface area contributed by atoms with Crippen LogP contribution in [0.1, 0.15) is 25.7 Å². The fourth-order valence-corrected chi connectivity index (χ4v) is 3.29. The van der Waals surface area contributed by atoms with Crippen molar-refractivity contribution in [3.8, 4) is 0 Å². The molecule has 0 aliphatic carbocycles. The van der Waals surface area contributed by atoms with Crippen LogP contribution < -0.4 is 9.80 Å². The fraction of sp³-hybridized carbons (Fsp3) is 0.727. The van der Waals surface area contributed by atoms with E-state index in [0.717, 1.165) is 0 Å². The second-order valence-electron chi connectivity index (χ2n) is 4.38. The van der Waals surface area contributed by atoms with Crippen molar-refractivity contribution in [3.63, 3.8) is 0 Å². The average Bonchev–Trinajstić information content (AvgIpc) is 3.02. The number of hydrogen-bond donors (Lipinski definition) is 0. The zero-order valence-electron chi connectivity index (χ0n) is 8.98. The minimum atomic E-state index is 1.20. The Hall–Kier alpha value is -0.770. The lowest BCUT2D eigenvalue weighted by atomic mass is 10.4. The van der Waals surface area contributed by atoms with Crippen molar-refractivity contribution < 1.29 is 0 Å². The van der Waals surface area contributed by atoms with E-state index in [9.17, 15) is 0 Å². The summed E-state index contributed by atoms with van der Waals surface area (Å²) in [5, 5.41) is 3.45. The molecule has 0 unspecified atom stereocenters. The molecule has 0 radical (unpaired) electrons. The van der Waals surface area contributed by atoms with Crippen LogP contribution in [0.2, 0.25) is 0 Å². The molecule has 82 valence electrons. The van der Waals surface area contributed by atoms with E-state index in [1.807, 2.05) is 0 Å². The van der Waals surface area contributed by atoms with Gasteiger partial charge in [0.25, 0.3) is 0 Å². The van der Waals surface area contributed by atoms with Gasteiger partial charge in [-0.1, -0.05) is 0 Å². The van der Waals surface area contributed by atoms with Gasteiger partial charge < -0.3 is 9.80 Å². The Morgan fingerprint density at radius 2 is 1.53 bits per heavy atom. The smallest absolute Gasteiger partial charge is 0.187 e. The highest BCUT2D eigenvalue weighted by atomic mass is 32.1. The molecular formula is C11H17N3S. The van der Waals surface area contributed by atoms with E-state index in [2.05, 4.69) is 15.2 Å². The number of thiazole rings is 1. The van der Waals surface area contributed by atoms with Gasteiger partial charge in [0.1, 0.15) is 5.82 Å². The van der Waals surface area contributed by atoms with Crippen molar-refractivity contribution in [2.75, 3.05) is 36.0 Å². The monoisotopic (exact) mass is 223 g/mol. The number of nitrogens with zero attached hydrogens (tertiary/aromatic N) is 3. The number of aromatic nitrogens is 1. The van der Waals surface area contributed by atoms with E-state index in [1.165, 1.54) is 62.8 Å². The van der Waals surface area contributed by atoms with Crippen molar-refractivity contribution >= 4 is 22.3 Å². The Labute approximate surface area is 94.7 Å². The first-order chi connectivity index (χ1) is 7.43. The molecule has 0 atom stereocenters. The van der Waals surface area contributed by atoms with Crippen LogP contribution in [0.15, 0.2) is 5.38 Å². The van der Waals surface area contributed by atoms with E-state index in [4.69, 9.17) is 4.98 Å². The lowest BCUT2D eigenvalue weighted by Gasteiger charge is -2.15. The van der Waals surface area contributed by atoms with Gasteiger partial charge in [-0.15, -0.1) is 11.3 Å². The minimum absolute atomic E-state index is 1.20. The van der Waals surface area contributed by atoms with Gasteiger partial charge in [0, 0.05) is 31.6 Å². The molecular weight excluding hydrogens is 206 g/mol. The molecule has 0 aromatic carbocycles. The molecule has 0 bridgehead atoms. The van der Waals surface area contributed by atoms with Gasteiger partial charge in [0.15, 0.2) is 5.13 Å². The Balaban J connectivity index is 1.74. The molecule has 15 heavy (non-hydrogen) atoms. The van der Waals surface area contributed by atoms with Crippen LogP contribution in [0.4, 0.5) is 10.9 Å². The molecule has 2 saturated heterocycles. The Kier molecular flexibility index (Phi) is 2.52. The lowest BCUT2D eigenvalue weighted by Crippen LogP contribution is -2.20. The normalized spacial score (nSPS) is 21.6. The minimum Gasteiger partial charge on any atom is -0.356 e. The molecule has 1 aromatic rings. The van der Waals surface area contributed by atoms with Gasteiger partial charge in [-0.3, -0.25) is 0 Å². The summed E-state index contributed by atoms with van der Waals surface area (Å²) in [4.78, 5) is 9.58. The topological polar surface area (TPSA) is 19.4 Å². The number of anilines is 2. The first-order valence-electron chi connectivity index (χ1n) is 5.89. The highest BCUT2D eigenvalue weighted by Crippen LogP contribution is 2.29. The molecule has 0 amide bonds. The molecule has 2 fully saturated rings. The van der Waals surface area contributed by atoms with Gasteiger partial charge >= 0.3 is 0 Å². The Morgan fingerprint density at radius 1 is 0.933 bits per heavy atom. The summed E-state index contributed by atoms with van der Waals surface area (Å²) < 4.78 is 0. The molecule has 2 aliphatic heterocycles. The molecule has 0 N–H and O–H groups in total. The molecule has 2 aliphatic rings. The van der Waals surface area contributed by atoms with Crippen LogP contribution >= 0.6 is 11.3 Å². The Morgan fingerprint density at radius 3 is 2.20 bits per heavy atom. The lowest BCUT2D eigenvalue weighted by molar-refractivity contribution is 0.921. The van der Waals surface area contributed by atoms with E-state index in [0.29, 0.717) is 0 Å². The maximum Gasteiger partial charge on any atom is 0.187 e. The highest BCUT2D eigenvalue weighted by Gasteiger charge is 2.19. The molecule has 0 spiro atoms. The Bertz CT molecular complexity index is 294.